The molecule has 1 fully saturated rings. The first-order chi connectivity index (χ1) is 12.2. The van der Waals surface area contributed by atoms with E-state index < -0.39 is 34.1 Å². The monoisotopic (exact) mass is 384 g/mol. The molecule has 1 aromatic rings. The smallest absolute Gasteiger partial charge is 0.332 e. The van der Waals surface area contributed by atoms with Gasteiger partial charge in [0.05, 0.1) is 5.75 Å². The Morgan fingerprint density at radius 2 is 2.00 bits per heavy atom. The summed E-state index contributed by atoms with van der Waals surface area (Å²) in [7, 11) is -3.48. The number of carbonyl (C=O) groups is 2. The van der Waals surface area contributed by atoms with E-state index in [4.69, 9.17) is 9.84 Å². The normalized spacial score (nSPS) is 21.3. The molecule has 1 unspecified atom stereocenters. The number of anilines is 1. The highest BCUT2D eigenvalue weighted by Crippen LogP contribution is 2.22. The quantitative estimate of drug-likeness (QED) is 0.624. The molecule has 0 radical (unpaired) electrons. The van der Waals surface area contributed by atoms with Gasteiger partial charge >= 0.3 is 5.97 Å². The standard InChI is InChI=1S/C17H24N2O6S/c1-3-11(2)19-26(23,24)10-12-5-4-6-13(9-12)18-16(20)14-7-8-15(25-14)17(21)22/h4-6,9,11,14-15,19H,3,7-8,10H2,1-2H3,(H,18,20)(H,21,22)/t11?,14-,15+/m0/s1. The van der Waals surface area contributed by atoms with Crippen molar-refractivity contribution in [1.82, 2.24) is 4.72 Å². The molecule has 1 amide bonds. The second-order valence-electron chi connectivity index (χ2n) is 6.40. The lowest BCUT2D eigenvalue weighted by Gasteiger charge is -2.14. The molecule has 8 nitrogen and oxygen atoms in total. The number of aliphatic carboxylic acids is 1. The number of carboxylic acids is 1. The van der Waals surface area contributed by atoms with E-state index in [-0.39, 0.29) is 18.2 Å². The number of amides is 1. The molecule has 9 heteroatoms. The van der Waals surface area contributed by atoms with Crippen LogP contribution in [0.4, 0.5) is 5.69 Å². The van der Waals surface area contributed by atoms with Gasteiger partial charge in [0.15, 0.2) is 6.10 Å². The number of carboxylic acid groups (broad SMARTS) is 1. The Morgan fingerprint density at radius 1 is 1.31 bits per heavy atom. The van der Waals surface area contributed by atoms with Crippen molar-refractivity contribution in [3.05, 3.63) is 29.8 Å². The fourth-order valence-electron chi connectivity index (χ4n) is 2.62. The molecule has 3 atom stereocenters. The minimum atomic E-state index is -3.48. The van der Waals surface area contributed by atoms with E-state index in [0.717, 1.165) is 0 Å². The molecule has 3 N–H and O–H groups in total. The summed E-state index contributed by atoms with van der Waals surface area (Å²) < 4.78 is 32.1. The van der Waals surface area contributed by atoms with Crippen molar-refractivity contribution in [2.24, 2.45) is 0 Å². The van der Waals surface area contributed by atoms with Crippen molar-refractivity contribution in [3.63, 3.8) is 0 Å². The molecule has 1 saturated heterocycles. The van der Waals surface area contributed by atoms with E-state index in [1.807, 2.05) is 6.92 Å². The van der Waals surface area contributed by atoms with Gasteiger partial charge in [-0.05, 0) is 43.9 Å². The first-order valence-electron chi connectivity index (χ1n) is 8.48. The summed E-state index contributed by atoms with van der Waals surface area (Å²) in [4.78, 5) is 23.1. The summed E-state index contributed by atoms with van der Waals surface area (Å²) in [5.41, 5.74) is 0.975. The summed E-state index contributed by atoms with van der Waals surface area (Å²) >= 11 is 0. The Morgan fingerprint density at radius 3 is 2.62 bits per heavy atom. The number of hydrogen-bond donors (Lipinski definition) is 3. The third-order valence-corrected chi connectivity index (χ3v) is 5.61. The molecule has 0 aliphatic carbocycles. The molecule has 2 rings (SSSR count). The van der Waals surface area contributed by atoms with Crippen LogP contribution in [0.1, 0.15) is 38.7 Å². The van der Waals surface area contributed by atoms with Crippen LogP contribution in [-0.2, 0) is 30.1 Å². The van der Waals surface area contributed by atoms with E-state index in [1.165, 1.54) is 0 Å². The molecule has 26 heavy (non-hydrogen) atoms. The van der Waals surface area contributed by atoms with Gasteiger partial charge < -0.3 is 15.2 Å². The number of nitrogens with one attached hydrogen (secondary N) is 2. The summed E-state index contributed by atoms with van der Waals surface area (Å²) in [5.74, 6) is -1.71. The first kappa shape index (κ1) is 20.3. The van der Waals surface area contributed by atoms with Crippen molar-refractivity contribution in [1.29, 1.82) is 0 Å². The van der Waals surface area contributed by atoms with Crippen molar-refractivity contribution in [2.75, 3.05) is 5.32 Å². The van der Waals surface area contributed by atoms with Gasteiger partial charge in [-0.25, -0.2) is 17.9 Å². The second kappa shape index (κ2) is 8.61. The molecule has 0 bridgehead atoms. The topological polar surface area (TPSA) is 122 Å². The molecule has 144 valence electrons. The molecule has 0 aromatic heterocycles. The van der Waals surface area contributed by atoms with Crippen molar-refractivity contribution in [2.45, 2.75) is 57.1 Å². The van der Waals surface area contributed by atoms with Crippen molar-refractivity contribution < 1.29 is 27.9 Å². The van der Waals surface area contributed by atoms with Crippen LogP contribution in [0.3, 0.4) is 0 Å². The highest BCUT2D eigenvalue weighted by Gasteiger charge is 2.34. The molecule has 1 heterocycles. The van der Waals surface area contributed by atoms with Gasteiger partial charge in [-0.15, -0.1) is 0 Å². The van der Waals surface area contributed by atoms with Gasteiger partial charge in [0.25, 0.3) is 5.91 Å². The van der Waals surface area contributed by atoms with Crippen LogP contribution in [0.15, 0.2) is 24.3 Å². The van der Waals surface area contributed by atoms with Gasteiger partial charge in [0, 0.05) is 11.7 Å². The Labute approximate surface area is 153 Å². The molecule has 0 saturated carbocycles. The lowest BCUT2D eigenvalue weighted by Crippen LogP contribution is -2.33. The average molecular weight is 384 g/mol. The maximum atomic E-state index is 12.2. The van der Waals surface area contributed by atoms with Crippen LogP contribution in [-0.4, -0.2) is 43.7 Å². The maximum Gasteiger partial charge on any atom is 0.332 e. The van der Waals surface area contributed by atoms with Crippen LogP contribution < -0.4 is 10.0 Å². The summed E-state index contributed by atoms with van der Waals surface area (Å²) in [6.45, 7) is 3.68. The number of benzene rings is 1. The lowest BCUT2D eigenvalue weighted by atomic mass is 10.1. The van der Waals surface area contributed by atoms with Crippen LogP contribution in [0.5, 0.6) is 0 Å². The van der Waals surface area contributed by atoms with E-state index in [2.05, 4.69) is 10.0 Å². The molecule has 1 aliphatic rings. The Balaban J connectivity index is 1.99. The number of ether oxygens (including phenoxy) is 1. The summed E-state index contributed by atoms with van der Waals surface area (Å²) in [5, 5.41) is 11.6. The molecular formula is C17H24N2O6S. The van der Waals surface area contributed by atoms with Gasteiger partial charge in [-0.1, -0.05) is 19.1 Å². The Hall–Kier alpha value is -1.97. The highest BCUT2D eigenvalue weighted by atomic mass is 32.2. The van der Waals surface area contributed by atoms with Gasteiger partial charge in [-0.3, -0.25) is 4.79 Å². The third-order valence-electron chi connectivity index (χ3n) is 4.13. The Bertz CT molecular complexity index is 764. The summed E-state index contributed by atoms with van der Waals surface area (Å²) in [6, 6.07) is 6.39. The SMILES string of the molecule is CCC(C)NS(=O)(=O)Cc1cccc(NC(=O)[C@@H]2CC[C@H](C(=O)O)O2)c1. The minimum absolute atomic E-state index is 0.149. The number of sulfonamides is 1. The minimum Gasteiger partial charge on any atom is -0.479 e. The third kappa shape index (κ3) is 5.79. The highest BCUT2D eigenvalue weighted by molar-refractivity contribution is 7.88. The number of carbonyl (C=O) groups excluding carboxylic acids is 1. The zero-order valence-electron chi connectivity index (χ0n) is 14.8. The van der Waals surface area contributed by atoms with Crippen LogP contribution in [0, 0.1) is 0 Å². The largest absolute Gasteiger partial charge is 0.479 e. The van der Waals surface area contributed by atoms with E-state index in [0.29, 0.717) is 24.1 Å². The van der Waals surface area contributed by atoms with Gasteiger partial charge in [0.2, 0.25) is 10.0 Å². The maximum absolute atomic E-state index is 12.2. The second-order valence-corrected chi connectivity index (χ2v) is 8.16. The van der Waals surface area contributed by atoms with Crippen molar-refractivity contribution in [3.8, 4) is 0 Å². The fourth-order valence-corrected chi connectivity index (χ4v) is 4.11. The van der Waals surface area contributed by atoms with Crippen LogP contribution >= 0.6 is 0 Å². The van der Waals surface area contributed by atoms with Gasteiger partial charge in [-0.2, -0.15) is 0 Å². The predicted octanol–water partition coefficient (Wildman–Crippen LogP) is 1.48. The summed E-state index contributed by atoms with van der Waals surface area (Å²) in [6.07, 6.45) is -0.485. The van der Waals surface area contributed by atoms with Gasteiger partial charge in [0.1, 0.15) is 6.10 Å². The van der Waals surface area contributed by atoms with Crippen molar-refractivity contribution >= 4 is 27.6 Å². The fraction of sp³-hybridized carbons (Fsp3) is 0.529. The molecule has 1 aliphatic heterocycles. The number of rotatable bonds is 8. The zero-order valence-corrected chi connectivity index (χ0v) is 15.6. The average Bonchev–Trinajstić information content (AvgIpc) is 3.04. The predicted molar refractivity (Wildman–Crippen MR) is 96.1 cm³/mol. The van der Waals surface area contributed by atoms with E-state index in [1.54, 1.807) is 31.2 Å². The van der Waals surface area contributed by atoms with Crippen LogP contribution in [0.2, 0.25) is 0 Å². The Kier molecular flexibility index (Phi) is 6.74. The molecular weight excluding hydrogens is 360 g/mol. The zero-order chi connectivity index (χ0) is 19.3. The van der Waals surface area contributed by atoms with E-state index in [9.17, 15) is 18.0 Å². The molecule has 0 spiro atoms. The lowest BCUT2D eigenvalue weighted by molar-refractivity contribution is -0.150. The number of hydrogen-bond acceptors (Lipinski definition) is 5. The van der Waals surface area contributed by atoms with E-state index >= 15 is 0 Å². The van der Waals surface area contributed by atoms with Crippen LogP contribution in [0.25, 0.3) is 0 Å². The molecule has 1 aromatic carbocycles. The first-order valence-corrected chi connectivity index (χ1v) is 10.1.